The zero-order chi connectivity index (χ0) is 17.3. The molecule has 3 heterocycles. The number of piperidine rings is 1. The van der Waals surface area contributed by atoms with E-state index in [-0.39, 0.29) is 11.8 Å². The number of amides is 2. The Morgan fingerprint density at radius 3 is 2.46 bits per heavy atom. The number of hydrogen-bond acceptors (Lipinski definition) is 6. The zero-order valence-corrected chi connectivity index (χ0v) is 14.5. The zero-order valence-electron chi connectivity index (χ0n) is 13.7. The molecule has 2 N–H and O–H groups in total. The Morgan fingerprint density at radius 2 is 1.92 bits per heavy atom. The van der Waals surface area contributed by atoms with Crippen molar-refractivity contribution in [1.29, 1.82) is 0 Å². The average molecular weight is 345 g/mol. The molecule has 3 rings (SSSR count). The van der Waals surface area contributed by atoms with Crippen LogP contribution in [0.15, 0.2) is 11.7 Å². The van der Waals surface area contributed by atoms with E-state index in [0.29, 0.717) is 29.2 Å². The number of aromatic nitrogens is 3. The summed E-state index contributed by atoms with van der Waals surface area (Å²) in [6.07, 6.45) is 3.11. The van der Waals surface area contributed by atoms with E-state index in [2.05, 4.69) is 15.0 Å². The van der Waals surface area contributed by atoms with Crippen molar-refractivity contribution in [3.05, 3.63) is 39.4 Å². The molecular formula is C16H19N5O2S. The maximum Gasteiger partial charge on any atom is 0.265 e. The summed E-state index contributed by atoms with van der Waals surface area (Å²) < 4.78 is 0. The first-order valence-corrected chi connectivity index (χ1v) is 8.68. The fourth-order valence-corrected chi connectivity index (χ4v) is 3.68. The molecule has 1 aliphatic rings. The van der Waals surface area contributed by atoms with Crippen LogP contribution in [-0.4, -0.2) is 44.8 Å². The Balaban J connectivity index is 1.67. The first-order valence-electron chi connectivity index (χ1n) is 7.80. The second kappa shape index (κ2) is 6.64. The molecule has 1 aliphatic heterocycles. The maximum absolute atomic E-state index is 12.5. The van der Waals surface area contributed by atoms with Crippen molar-refractivity contribution in [2.24, 2.45) is 5.73 Å². The third-order valence-corrected chi connectivity index (χ3v) is 5.27. The van der Waals surface area contributed by atoms with Gasteiger partial charge in [-0.1, -0.05) is 0 Å². The van der Waals surface area contributed by atoms with Gasteiger partial charge in [-0.25, -0.2) is 15.0 Å². The van der Waals surface area contributed by atoms with Gasteiger partial charge in [-0.05, 0) is 26.7 Å². The van der Waals surface area contributed by atoms with Crippen molar-refractivity contribution in [1.82, 2.24) is 19.9 Å². The minimum atomic E-state index is -0.514. The SMILES string of the molecule is Cc1nc(C2CCN(C(=O)c3scnc3C)CC2)ncc1C(N)=O. The molecule has 0 aliphatic carbocycles. The van der Waals surface area contributed by atoms with Gasteiger partial charge in [-0.3, -0.25) is 9.59 Å². The lowest BCUT2D eigenvalue weighted by atomic mass is 9.95. The van der Waals surface area contributed by atoms with E-state index >= 15 is 0 Å². The molecule has 126 valence electrons. The van der Waals surface area contributed by atoms with Gasteiger partial charge in [0.1, 0.15) is 10.7 Å². The summed E-state index contributed by atoms with van der Waals surface area (Å²) in [5.41, 5.74) is 8.73. The molecule has 0 bridgehead atoms. The summed E-state index contributed by atoms with van der Waals surface area (Å²) >= 11 is 1.38. The van der Waals surface area contributed by atoms with Gasteiger partial charge in [0, 0.05) is 25.2 Å². The molecule has 8 heteroatoms. The molecule has 1 saturated heterocycles. The lowest BCUT2D eigenvalue weighted by Crippen LogP contribution is -2.38. The van der Waals surface area contributed by atoms with Gasteiger partial charge < -0.3 is 10.6 Å². The van der Waals surface area contributed by atoms with Gasteiger partial charge in [-0.15, -0.1) is 11.3 Å². The molecule has 7 nitrogen and oxygen atoms in total. The van der Waals surface area contributed by atoms with E-state index in [4.69, 9.17) is 5.73 Å². The van der Waals surface area contributed by atoms with E-state index in [0.717, 1.165) is 24.4 Å². The summed E-state index contributed by atoms with van der Waals surface area (Å²) in [5, 5.41) is 0. The molecule has 0 aromatic carbocycles. The van der Waals surface area contributed by atoms with Crippen molar-refractivity contribution in [2.45, 2.75) is 32.6 Å². The van der Waals surface area contributed by atoms with E-state index in [1.165, 1.54) is 17.5 Å². The average Bonchev–Trinajstić information content (AvgIpc) is 3.00. The molecule has 0 radical (unpaired) electrons. The Bertz CT molecular complexity index is 781. The minimum Gasteiger partial charge on any atom is -0.365 e. The number of aryl methyl sites for hydroxylation is 2. The van der Waals surface area contributed by atoms with Gasteiger partial charge in [0.15, 0.2) is 0 Å². The van der Waals surface area contributed by atoms with Crippen LogP contribution in [0.3, 0.4) is 0 Å². The van der Waals surface area contributed by atoms with Gasteiger partial charge in [0.25, 0.3) is 11.8 Å². The van der Waals surface area contributed by atoms with Crippen molar-refractivity contribution in [3.63, 3.8) is 0 Å². The van der Waals surface area contributed by atoms with E-state index in [9.17, 15) is 9.59 Å². The molecule has 0 atom stereocenters. The number of hydrogen-bond donors (Lipinski definition) is 1. The van der Waals surface area contributed by atoms with Crippen molar-refractivity contribution in [3.8, 4) is 0 Å². The first-order chi connectivity index (χ1) is 11.5. The summed E-state index contributed by atoms with van der Waals surface area (Å²) in [6, 6.07) is 0. The van der Waals surface area contributed by atoms with Crippen LogP contribution in [0.25, 0.3) is 0 Å². The number of carbonyl (C=O) groups excluding carboxylic acids is 2. The van der Waals surface area contributed by atoms with Crippen LogP contribution < -0.4 is 5.73 Å². The molecule has 2 aromatic heterocycles. The normalized spacial score (nSPS) is 15.5. The highest BCUT2D eigenvalue weighted by Gasteiger charge is 2.28. The van der Waals surface area contributed by atoms with Crippen LogP contribution in [-0.2, 0) is 0 Å². The number of nitrogens with two attached hydrogens (primary N) is 1. The number of nitrogens with zero attached hydrogens (tertiary/aromatic N) is 4. The minimum absolute atomic E-state index is 0.0506. The molecule has 1 fully saturated rings. The summed E-state index contributed by atoms with van der Waals surface area (Å²) in [5.74, 6) is 0.449. The van der Waals surface area contributed by atoms with Crippen molar-refractivity contribution in [2.75, 3.05) is 13.1 Å². The van der Waals surface area contributed by atoms with Crippen LogP contribution in [0.4, 0.5) is 0 Å². The van der Waals surface area contributed by atoms with E-state index in [1.807, 2.05) is 11.8 Å². The second-order valence-electron chi connectivity index (χ2n) is 5.92. The fourth-order valence-electron chi connectivity index (χ4n) is 2.92. The topological polar surface area (TPSA) is 102 Å². The van der Waals surface area contributed by atoms with E-state index in [1.54, 1.807) is 12.4 Å². The highest BCUT2D eigenvalue weighted by Crippen LogP contribution is 2.27. The van der Waals surface area contributed by atoms with Gasteiger partial charge in [0.2, 0.25) is 0 Å². The predicted octanol–water partition coefficient (Wildman–Crippen LogP) is 1.67. The van der Waals surface area contributed by atoms with Crippen molar-refractivity contribution < 1.29 is 9.59 Å². The number of primary amides is 1. The number of rotatable bonds is 3. The number of likely N-dealkylation sites (tertiary alicyclic amines) is 1. The van der Waals surface area contributed by atoms with Crippen molar-refractivity contribution >= 4 is 23.2 Å². The van der Waals surface area contributed by atoms with E-state index < -0.39 is 5.91 Å². The Hall–Kier alpha value is -2.35. The van der Waals surface area contributed by atoms with Gasteiger partial charge in [-0.2, -0.15) is 0 Å². The van der Waals surface area contributed by atoms with Crippen LogP contribution in [0.2, 0.25) is 0 Å². The third kappa shape index (κ3) is 3.14. The molecule has 2 amide bonds. The Morgan fingerprint density at radius 1 is 1.21 bits per heavy atom. The molecule has 2 aromatic rings. The lowest BCUT2D eigenvalue weighted by Gasteiger charge is -2.31. The van der Waals surface area contributed by atoms with Crippen LogP contribution >= 0.6 is 11.3 Å². The van der Waals surface area contributed by atoms with Crippen LogP contribution in [0.5, 0.6) is 0 Å². The summed E-state index contributed by atoms with van der Waals surface area (Å²) in [7, 11) is 0. The van der Waals surface area contributed by atoms with Crippen LogP contribution in [0, 0.1) is 13.8 Å². The summed E-state index contributed by atoms with van der Waals surface area (Å²) in [4.78, 5) is 39.2. The highest BCUT2D eigenvalue weighted by molar-refractivity contribution is 7.11. The molecule has 0 saturated carbocycles. The fraction of sp³-hybridized carbons (Fsp3) is 0.438. The first kappa shape index (κ1) is 16.5. The standard InChI is InChI=1S/C16H19N5O2S/c1-9-12(14(17)22)7-18-15(20-9)11-3-5-21(6-4-11)16(23)13-10(2)19-8-24-13/h7-8,11H,3-6H2,1-2H3,(H2,17,22). The largest absolute Gasteiger partial charge is 0.365 e. The smallest absolute Gasteiger partial charge is 0.265 e. The van der Waals surface area contributed by atoms with Crippen LogP contribution in [0.1, 0.15) is 56.0 Å². The number of thiazole rings is 1. The predicted molar refractivity (Wildman–Crippen MR) is 90.0 cm³/mol. The molecule has 0 spiro atoms. The lowest BCUT2D eigenvalue weighted by molar-refractivity contribution is 0.0714. The Kier molecular flexibility index (Phi) is 4.57. The second-order valence-corrected chi connectivity index (χ2v) is 6.78. The highest BCUT2D eigenvalue weighted by atomic mass is 32.1. The molecule has 24 heavy (non-hydrogen) atoms. The maximum atomic E-state index is 12.5. The van der Waals surface area contributed by atoms with Gasteiger partial charge >= 0.3 is 0 Å². The third-order valence-electron chi connectivity index (χ3n) is 4.35. The summed E-state index contributed by atoms with van der Waals surface area (Å²) in [6.45, 7) is 4.95. The molecular weight excluding hydrogens is 326 g/mol. The quantitative estimate of drug-likeness (QED) is 0.911. The molecule has 0 unspecified atom stereocenters. The monoisotopic (exact) mass is 345 g/mol. The number of carbonyl (C=O) groups is 2. The Labute approximate surface area is 143 Å². The van der Waals surface area contributed by atoms with Gasteiger partial charge in [0.05, 0.1) is 22.5 Å².